The molecule has 2 aliphatic rings. The molecule has 1 aromatic rings. The summed E-state index contributed by atoms with van der Waals surface area (Å²) in [5, 5.41) is 9.47. The highest BCUT2D eigenvalue weighted by molar-refractivity contribution is 8.24. The molecule has 2 aliphatic heterocycles. The number of carboxylic acids is 1. The topological polar surface area (TPSA) is 101 Å². The second kappa shape index (κ2) is 8.04. The molecule has 2 unspecified atom stereocenters. The largest absolute Gasteiger partial charge is 0.481 e. The zero-order valence-electron chi connectivity index (χ0n) is 15.5. The van der Waals surface area contributed by atoms with E-state index in [1.54, 1.807) is 0 Å². The third kappa shape index (κ3) is 5.14. The first-order valence-corrected chi connectivity index (χ1v) is 11.0. The second-order valence-electron chi connectivity index (χ2n) is 7.47. The van der Waals surface area contributed by atoms with Crippen molar-refractivity contribution in [2.24, 2.45) is 5.92 Å². The van der Waals surface area contributed by atoms with E-state index in [-0.39, 0.29) is 50.1 Å². The first-order valence-electron chi connectivity index (χ1n) is 9.14. The van der Waals surface area contributed by atoms with Gasteiger partial charge in [0.2, 0.25) is 0 Å². The summed E-state index contributed by atoms with van der Waals surface area (Å²) >= 11 is 0. The predicted molar refractivity (Wildman–Crippen MR) is 101 cm³/mol. The number of nitrogens with zero attached hydrogens (tertiary/aromatic N) is 2. The summed E-state index contributed by atoms with van der Waals surface area (Å²) in [6.07, 6.45) is -4.23. The molecule has 1 aromatic carbocycles. The Morgan fingerprint density at radius 1 is 1.00 bits per heavy atom. The van der Waals surface area contributed by atoms with Gasteiger partial charge in [0.15, 0.2) is 0 Å². The van der Waals surface area contributed by atoms with Crippen LogP contribution in [0.2, 0.25) is 0 Å². The van der Waals surface area contributed by atoms with Gasteiger partial charge in [-0.15, -0.1) is 0 Å². The van der Waals surface area contributed by atoms with Crippen LogP contribution in [-0.4, -0.2) is 73.7 Å². The Morgan fingerprint density at radius 3 is 2.10 bits per heavy atom. The molecule has 2 saturated heterocycles. The molecule has 0 aliphatic carbocycles. The molecule has 0 bridgehead atoms. The predicted octanol–water partition coefficient (Wildman–Crippen LogP) is 3.38. The van der Waals surface area contributed by atoms with Gasteiger partial charge in [-0.1, -0.05) is 12.1 Å². The minimum absolute atomic E-state index is 0.0120. The Bertz CT molecular complexity index is 762. The molecule has 3 N–H and O–H groups in total. The van der Waals surface area contributed by atoms with E-state index in [1.165, 1.54) is 21.9 Å². The number of aliphatic carboxylic acids is 1. The van der Waals surface area contributed by atoms with Crippen LogP contribution >= 0.6 is 10.6 Å². The van der Waals surface area contributed by atoms with Crippen molar-refractivity contribution >= 4 is 22.6 Å². The van der Waals surface area contributed by atoms with Gasteiger partial charge in [0.25, 0.3) is 0 Å². The molecule has 2 atom stereocenters. The van der Waals surface area contributed by atoms with E-state index in [1.807, 2.05) is 0 Å². The van der Waals surface area contributed by atoms with Crippen molar-refractivity contribution < 1.29 is 37.0 Å². The number of rotatable bonds is 2. The number of hydrogen-bond acceptors (Lipinski definition) is 4. The summed E-state index contributed by atoms with van der Waals surface area (Å²) in [6.45, 7) is 0.541. The summed E-state index contributed by atoms with van der Waals surface area (Å²) in [4.78, 5) is 27.3. The van der Waals surface area contributed by atoms with Gasteiger partial charge in [0, 0.05) is 32.1 Å². The Balaban J connectivity index is 1.75. The molecule has 7 nitrogen and oxygen atoms in total. The maximum absolute atomic E-state index is 12.9. The Hall–Kier alpha value is -1.98. The maximum Gasteiger partial charge on any atom is 0.416 e. The summed E-state index contributed by atoms with van der Waals surface area (Å²) in [5.41, 5.74) is -0.235. The van der Waals surface area contributed by atoms with E-state index < -0.39 is 40.1 Å². The van der Waals surface area contributed by atoms with Crippen LogP contribution in [0, 0.1) is 5.92 Å². The van der Waals surface area contributed by atoms with Gasteiger partial charge in [-0.3, -0.25) is 13.9 Å². The van der Waals surface area contributed by atoms with Crippen LogP contribution in [-0.2, 0) is 11.0 Å². The molecular weight excluding hydrogens is 413 g/mol. The molecule has 2 amide bonds. The van der Waals surface area contributed by atoms with E-state index >= 15 is 0 Å². The van der Waals surface area contributed by atoms with E-state index in [0.717, 1.165) is 12.1 Å². The Morgan fingerprint density at radius 2 is 1.59 bits per heavy atom. The number of urea groups is 1. The molecule has 162 valence electrons. The zero-order valence-corrected chi connectivity index (χ0v) is 16.3. The highest BCUT2D eigenvalue weighted by Gasteiger charge is 2.38. The molecule has 11 heteroatoms. The van der Waals surface area contributed by atoms with Crippen LogP contribution in [0.1, 0.15) is 23.5 Å². The zero-order chi connectivity index (χ0) is 21.4. The number of piperidine rings is 1. The SMILES string of the molecule is O=C(O)C1CC(c2ccc(C(F)(F)F)cc2)CN(C(=O)N2CCS(O)(O)CC2)C1. The first-order chi connectivity index (χ1) is 13.5. The number of carboxylic acid groups (broad SMARTS) is 1. The molecule has 0 radical (unpaired) electrons. The maximum atomic E-state index is 12.9. The smallest absolute Gasteiger partial charge is 0.416 e. The lowest BCUT2D eigenvalue weighted by molar-refractivity contribution is -0.143. The molecule has 2 heterocycles. The van der Waals surface area contributed by atoms with Crippen LogP contribution in [0.3, 0.4) is 0 Å². The normalized spacial score (nSPS) is 26.1. The van der Waals surface area contributed by atoms with Gasteiger partial charge in [-0.25, -0.2) is 4.79 Å². The number of benzene rings is 1. The van der Waals surface area contributed by atoms with Gasteiger partial charge >= 0.3 is 18.2 Å². The summed E-state index contributed by atoms with van der Waals surface area (Å²) in [5.74, 6) is -2.13. The fourth-order valence-corrected chi connectivity index (χ4v) is 4.97. The summed E-state index contributed by atoms with van der Waals surface area (Å²) in [6, 6.07) is 4.19. The fourth-order valence-electron chi connectivity index (χ4n) is 3.74. The number of amides is 2. The van der Waals surface area contributed by atoms with Crippen molar-refractivity contribution in [2.75, 3.05) is 37.7 Å². The van der Waals surface area contributed by atoms with Crippen LogP contribution in [0.4, 0.5) is 18.0 Å². The van der Waals surface area contributed by atoms with E-state index in [4.69, 9.17) is 0 Å². The Labute approximate surface area is 167 Å². The van der Waals surface area contributed by atoms with E-state index in [9.17, 15) is 37.0 Å². The van der Waals surface area contributed by atoms with E-state index in [2.05, 4.69) is 0 Å². The van der Waals surface area contributed by atoms with Crippen molar-refractivity contribution in [3.8, 4) is 0 Å². The van der Waals surface area contributed by atoms with Gasteiger partial charge in [-0.05, 0) is 24.1 Å². The quantitative estimate of drug-likeness (QED) is 0.660. The van der Waals surface area contributed by atoms with Crippen molar-refractivity contribution in [1.82, 2.24) is 9.80 Å². The number of halogens is 3. The number of alkyl halides is 3. The molecule has 3 rings (SSSR count). The second-order valence-corrected chi connectivity index (χ2v) is 9.89. The van der Waals surface area contributed by atoms with Crippen LogP contribution in [0.25, 0.3) is 0 Å². The van der Waals surface area contributed by atoms with Gasteiger partial charge < -0.3 is 14.9 Å². The number of carbonyl (C=O) groups is 2. The minimum Gasteiger partial charge on any atom is -0.481 e. The average Bonchev–Trinajstić information content (AvgIpc) is 2.66. The summed E-state index contributed by atoms with van der Waals surface area (Å²) < 4.78 is 57.8. The van der Waals surface area contributed by atoms with Crippen molar-refractivity contribution in [1.29, 1.82) is 0 Å². The molecule has 0 spiro atoms. The molecule has 2 fully saturated rings. The van der Waals surface area contributed by atoms with Gasteiger partial charge in [0.1, 0.15) is 0 Å². The van der Waals surface area contributed by atoms with Crippen LogP contribution in [0.5, 0.6) is 0 Å². The summed E-state index contributed by atoms with van der Waals surface area (Å²) in [7, 11) is -2.67. The van der Waals surface area contributed by atoms with Crippen molar-refractivity contribution in [3.05, 3.63) is 35.4 Å². The third-order valence-electron chi connectivity index (χ3n) is 5.43. The third-order valence-corrected chi connectivity index (χ3v) is 7.10. The first kappa shape index (κ1) is 21.7. The lowest BCUT2D eigenvalue weighted by atomic mass is 9.84. The highest BCUT2D eigenvalue weighted by Crippen LogP contribution is 2.41. The van der Waals surface area contributed by atoms with Crippen molar-refractivity contribution in [3.63, 3.8) is 0 Å². The minimum atomic E-state index is -4.46. The van der Waals surface area contributed by atoms with Crippen LogP contribution < -0.4 is 0 Å². The highest BCUT2D eigenvalue weighted by atomic mass is 32.3. The van der Waals surface area contributed by atoms with Gasteiger partial charge in [-0.2, -0.15) is 23.8 Å². The van der Waals surface area contributed by atoms with Crippen LogP contribution in [0.15, 0.2) is 24.3 Å². The van der Waals surface area contributed by atoms with Gasteiger partial charge in [0.05, 0.1) is 23.0 Å². The number of carbonyl (C=O) groups excluding carboxylic acids is 1. The van der Waals surface area contributed by atoms with E-state index in [0.29, 0.717) is 5.56 Å². The lowest BCUT2D eigenvalue weighted by Gasteiger charge is -2.44. The Kier molecular flexibility index (Phi) is 6.02. The van der Waals surface area contributed by atoms with Crippen molar-refractivity contribution in [2.45, 2.75) is 18.5 Å². The average molecular weight is 436 g/mol. The lowest BCUT2D eigenvalue weighted by Crippen LogP contribution is -2.53. The monoisotopic (exact) mass is 436 g/mol. The fraction of sp³-hybridized carbons (Fsp3) is 0.556. The molecule has 0 saturated carbocycles. The number of hydrogen-bond donors (Lipinski definition) is 3. The molecular formula is C18H23F3N2O5S. The number of likely N-dealkylation sites (tertiary alicyclic amines) is 1. The molecule has 0 aromatic heterocycles. The standard InChI is InChI=1S/C18H23F3N2O5S/c19-18(20,21)15-3-1-12(2-4-15)13-9-14(16(24)25)11-23(10-13)17(26)22-5-7-29(27,28)8-6-22/h1-4,13-14,27-28H,5-11H2,(H,24,25). The molecule has 29 heavy (non-hydrogen) atoms.